The van der Waals surface area contributed by atoms with E-state index in [9.17, 15) is 0 Å². The molecule has 8 aromatic rings. The first-order valence-electron chi connectivity index (χ1n) is 19.3. The molecule has 0 radical (unpaired) electrons. The molecular formula is C49H37N3O. The van der Waals surface area contributed by atoms with Crippen LogP contribution in [0.1, 0.15) is 43.2 Å². The predicted octanol–water partition coefficient (Wildman–Crippen LogP) is 12.2. The first kappa shape index (κ1) is 29.7. The van der Waals surface area contributed by atoms with Gasteiger partial charge in [-0.05, 0) is 107 Å². The fourth-order valence-electron chi connectivity index (χ4n) is 11.4. The number of hydrogen-bond donors (Lipinski definition) is 0. The number of aromatic nitrogens is 3. The lowest BCUT2D eigenvalue weighted by Gasteiger charge is -2.61. The van der Waals surface area contributed by atoms with Crippen LogP contribution in [0.2, 0.25) is 0 Å². The Morgan fingerprint density at radius 2 is 1.02 bits per heavy atom. The van der Waals surface area contributed by atoms with Crippen molar-refractivity contribution in [3.8, 4) is 56.4 Å². The number of rotatable bonds is 4. The summed E-state index contributed by atoms with van der Waals surface area (Å²) < 4.78 is 6.21. The molecule has 0 N–H and O–H groups in total. The van der Waals surface area contributed by atoms with Gasteiger partial charge in [-0.25, -0.2) is 15.0 Å². The molecule has 5 aliphatic rings. The summed E-state index contributed by atoms with van der Waals surface area (Å²) in [5, 5.41) is 2.28. The van der Waals surface area contributed by atoms with Crippen molar-refractivity contribution < 1.29 is 4.42 Å². The van der Waals surface area contributed by atoms with Crippen LogP contribution in [0.5, 0.6) is 0 Å². The summed E-state index contributed by atoms with van der Waals surface area (Å²) in [6.07, 6.45) is 6.90. The van der Waals surface area contributed by atoms with Crippen molar-refractivity contribution in [2.45, 2.75) is 37.5 Å². The highest BCUT2D eigenvalue weighted by Gasteiger charge is 2.61. The second-order valence-electron chi connectivity index (χ2n) is 16.0. The molecule has 0 aliphatic heterocycles. The molecule has 6 aromatic carbocycles. The maximum Gasteiger partial charge on any atom is 0.164 e. The highest BCUT2D eigenvalue weighted by molar-refractivity contribution is 6.05. The minimum Gasteiger partial charge on any atom is -0.456 e. The molecule has 2 heterocycles. The number of nitrogens with zero attached hydrogens (tertiary/aromatic N) is 3. The molecule has 5 aliphatic carbocycles. The zero-order valence-electron chi connectivity index (χ0n) is 29.4. The van der Waals surface area contributed by atoms with Gasteiger partial charge in [0.2, 0.25) is 0 Å². The van der Waals surface area contributed by atoms with Crippen LogP contribution in [0.3, 0.4) is 0 Å². The van der Waals surface area contributed by atoms with Gasteiger partial charge in [0.1, 0.15) is 11.2 Å². The van der Waals surface area contributed by atoms with E-state index in [-0.39, 0.29) is 5.41 Å². The molecule has 254 valence electrons. The van der Waals surface area contributed by atoms with Crippen molar-refractivity contribution in [1.29, 1.82) is 0 Å². The van der Waals surface area contributed by atoms with Crippen LogP contribution in [0.4, 0.5) is 0 Å². The first-order chi connectivity index (χ1) is 26.2. The molecule has 0 saturated heterocycles. The molecule has 4 saturated carbocycles. The van der Waals surface area contributed by atoms with E-state index in [4.69, 9.17) is 19.4 Å². The van der Waals surface area contributed by atoms with Gasteiger partial charge in [0, 0.05) is 32.9 Å². The lowest BCUT2D eigenvalue weighted by Crippen LogP contribution is -2.55. The maximum absolute atomic E-state index is 6.21. The Kier molecular flexibility index (Phi) is 6.20. The molecule has 0 amide bonds. The third kappa shape index (κ3) is 4.27. The molecule has 0 atom stereocenters. The van der Waals surface area contributed by atoms with Crippen molar-refractivity contribution >= 4 is 21.9 Å². The van der Waals surface area contributed by atoms with Crippen molar-refractivity contribution in [3.05, 3.63) is 151 Å². The summed E-state index contributed by atoms with van der Waals surface area (Å²) >= 11 is 0. The quantitative estimate of drug-likeness (QED) is 0.185. The summed E-state index contributed by atoms with van der Waals surface area (Å²) in [5.41, 5.74) is 13.0. The fraction of sp³-hybridized carbons (Fsp3) is 0.204. The molecule has 4 heteroatoms. The van der Waals surface area contributed by atoms with E-state index in [1.165, 1.54) is 48.8 Å². The third-order valence-electron chi connectivity index (χ3n) is 13.3. The smallest absolute Gasteiger partial charge is 0.164 e. The molecule has 4 fully saturated rings. The van der Waals surface area contributed by atoms with E-state index in [0.29, 0.717) is 23.5 Å². The summed E-state index contributed by atoms with van der Waals surface area (Å²) in [4.78, 5) is 15.7. The van der Waals surface area contributed by atoms with Crippen molar-refractivity contribution in [3.63, 3.8) is 0 Å². The largest absolute Gasteiger partial charge is 0.456 e. The van der Waals surface area contributed by atoms with E-state index >= 15 is 0 Å². The van der Waals surface area contributed by atoms with Crippen LogP contribution in [0.25, 0.3) is 78.4 Å². The van der Waals surface area contributed by atoms with Gasteiger partial charge in [0.15, 0.2) is 17.5 Å². The summed E-state index contributed by atoms with van der Waals surface area (Å²) in [6, 6.07) is 49.9. The molecular weight excluding hydrogens is 647 g/mol. The predicted molar refractivity (Wildman–Crippen MR) is 212 cm³/mol. The van der Waals surface area contributed by atoms with Gasteiger partial charge in [-0.15, -0.1) is 0 Å². The number of hydrogen-bond acceptors (Lipinski definition) is 4. The number of furan rings is 1. The van der Waals surface area contributed by atoms with Crippen LogP contribution >= 0.6 is 0 Å². The number of benzene rings is 6. The minimum absolute atomic E-state index is 0.0920. The maximum atomic E-state index is 6.21. The highest BCUT2D eigenvalue weighted by atomic mass is 16.3. The molecule has 13 rings (SSSR count). The molecule has 1 spiro atoms. The average Bonchev–Trinajstić information content (AvgIpc) is 3.73. The van der Waals surface area contributed by atoms with E-state index in [1.54, 1.807) is 5.56 Å². The van der Waals surface area contributed by atoms with Gasteiger partial charge in [0.05, 0.1) is 0 Å². The van der Waals surface area contributed by atoms with Gasteiger partial charge >= 0.3 is 0 Å². The third-order valence-corrected chi connectivity index (χ3v) is 13.3. The minimum atomic E-state index is 0.0920. The second-order valence-corrected chi connectivity index (χ2v) is 16.0. The molecule has 2 aromatic heterocycles. The van der Waals surface area contributed by atoms with Gasteiger partial charge in [-0.2, -0.15) is 0 Å². The van der Waals surface area contributed by atoms with Crippen LogP contribution in [-0.2, 0) is 5.41 Å². The second kappa shape index (κ2) is 11.1. The lowest BCUT2D eigenvalue weighted by atomic mass is 9.43. The Morgan fingerprint density at radius 3 is 1.81 bits per heavy atom. The average molecular weight is 684 g/mol. The van der Waals surface area contributed by atoms with Gasteiger partial charge in [0.25, 0.3) is 0 Å². The zero-order valence-corrected chi connectivity index (χ0v) is 29.4. The Hall–Kier alpha value is -5.87. The van der Waals surface area contributed by atoms with E-state index < -0.39 is 0 Å². The van der Waals surface area contributed by atoms with Crippen LogP contribution < -0.4 is 0 Å². The highest BCUT2D eigenvalue weighted by Crippen LogP contribution is 2.70. The SMILES string of the molecule is c1ccc(-c2nc(-c3ccc(-c4ccc5c(c4)oc4ccccc45)cc3)nc(-c3cccc4c3-c3ccccc3C43C4CC5CC(C4)CC3C5)n2)cc1. The van der Waals surface area contributed by atoms with Crippen LogP contribution in [-0.4, -0.2) is 15.0 Å². The lowest BCUT2D eigenvalue weighted by molar-refractivity contribution is -0.0399. The van der Waals surface area contributed by atoms with Crippen molar-refractivity contribution in [2.75, 3.05) is 0 Å². The van der Waals surface area contributed by atoms with Gasteiger partial charge < -0.3 is 4.42 Å². The zero-order chi connectivity index (χ0) is 34.7. The van der Waals surface area contributed by atoms with Crippen LogP contribution in [0.15, 0.2) is 144 Å². The van der Waals surface area contributed by atoms with Crippen molar-refractivity contribution in [2.24, 2.45) is 23.7 Å². The van der Waals surface area contributed by atoms with Gasteiger partial charge in [-0.3, -0.25) is 0 Å². The summed E-state index contributed by atoms with van der Waals surface area (Å²) in [5.74, 6) is 5.33. The Morgan fingerprint density at radius 1 is 0.434 bits per heavy atom. The van der Waals surface area contributed by atoms with E-state index in [2.05, 4.69) is 121 Å². The Labute approximate surface area is 308 Å². The fourth-order valence-corrected chi connectivity index (χ4v) is 11.4. The van der Waals surface area contributed by atoms with Gasteiger partial charge in [-0.1, -0.05) is 121 Å². The van der Waals surface area contributed by atoms with E-state index in [0.717, 1.165) is 67.4 Å². The van der Waals surface area contributed by atoms with Crippen LogP contribution in [0, 0.1) is 23.7 Å². The Balaban J connectivity index is 0.997. The molecule has 4 bridgehead atoms. The molecule has 4 nitrogen and oxygen atoms in total. The van der Waals surface area contributed by atoms with E-state index in [1.807, 2.05) is 18.2 Å². The monoisotopic (exact) mass is 683 g/mol. The first-order valence-corrected chi connectivity index (χ1v) is 19.3. The number of para-hydroxylation sites is 1. The summed E-state index contributed by atoms with van der Waals surface area (Å²) in [6.45, 7) is 0. The van der Waals surface area contributed by atoms with Crippen molar-refractivity contribution in [1.82, 2.24) is 15.0 Å². The Bertz CT molecular complexity index is 2720. The topological polar surface area (TPSA) is 51.8 Å². The standard InChI is InChI=1S/C49H37N3O/c1-2-9-32(10-3-1)46-50-47(33-19-17-31(18-20-33)34-21-22-38-37-11-5-7-16-43(37)53-44(38)28-34)52-48(51-46)40-13-8-15-42-45(40)39-12-4-6-14-41(39)49(42)35-24-29-23-30(26-35)27-36(49)25-29/h1-22,28-30,35-36H,23-27H2. The normalized spacial score (nSPS) is 23.5. The number of fused-ring (bicyclic) bond motifs is 6. The molecule has 0 unspecified atom stereocenters. The molecule has 53 heavy (non-hydrogen) atoms. The summed E-state index contributed by atoms with van der Waals surface area (Å²) in [7, 11) is 0.